The van der Waals surface area contributed by atoms with Crippen molar-refractivity contribution >= 4 is 43.1 Å². The summed E-state index contributed by atoms with van der Waals surface area (Å²) in [5.74, 6) is -3.03. The zero-order valence-corrected chi connectivity index (χ0v) is 18.9. The number of nitrogens with two attached hydrogens (primary N) is 2. The number of carbonyl (C=O) groups excluding carboxylic acids is 3. The fourth-order valence-corrected chi connectivity index (χ4v) is 3.77. The molecule has 11 nitrogen and oxygen atoms in total. The summed E-state index contributed by atoms with van der Waals surface area (Å²) in [6.45, 7) is 2.05. The number of amides is 2. The first-order valence-corrected chi connectivity index (χ1v) is 10.3. The predicted molar refractivity (Wildman–Crippen MR) is 119 cm³/mol. The number of Topliss-reactive ketones (excluding diaryl/α,β-unsaturated/α-hetero) is 1. The van der Waals surface area contributed by atoms with Gasteiger partial charge in [0.2, 0.25) is 11.8 Å². The Hall–Kier alpha value is -2.83. The highest BCUT2D eigenvalue weighted by Crippen LogP contribution is 2.37. The summed E-state index contributed by atoms with van der Waals surface area (Å²) in [6, 6.07) is 2.22. The lowest BCUT2D eigenvalue weighted by atomic mass is 9.78. The molecule has 1 aromatic rings. The number of carbonyl (C=O) groups is 4. The third-order valence-corrected chi connectivity index (χ3v) is 5.55. The third-order valence-electron chi connectivity index (χ3n) is 5.55. The van der Waals surface area contributed by atoms with Crippen LogP contribution < -0.4 is 20.9 Å². The van der Waals surface area contributed by atoms with Crippen LogP contribution in [0.1, 0.15) is 35.7 Å². The van der Waals surface area contributed by atoms with Gasteiger partial charge in [-0.05, 0) is 24.4 Å². The van der Waals surface area contributed by atoms with E-state index in [-0.39, 0.29) is 61.3 Å². The minimum atomic E-state index is -1.24. The van der Waals surface area contributed by atoms with Crippen LogP contribution in [0, 0.1) is 5.92 Å². The minimum absolute atomic E-state index is 0. The monoisotopic (exact) mass is 483 g/mol. The quantitative estimate of drug-likeness (QED) is 0.340. The van der Waals surface area contributed by atoms with E-state index in [1.165, 1.54) is 4.90 Å². The molecule has 0 unspecified atom stereocenters. The first kappa shape index (κ1) is 26.4. The van der Waals surface area contributed by atoms with Crippen molar-refractivity contribution in [2.45, 2.75) is 44.7 Å². The van der Waals surface area contributed by atoms with Crippen molar-refractivity contribution in [2.24, 2.45) is 17.4 Å². The summed E-state index contributed by atoms with van der Waals surface area (Å²) >= 11 is 0. The molecule has 1 saturated heterocycles. The molecular weight excluding hydrogens is 456 g/mol. The minimum Gasteiger partial charge on any atom is -0.535 e. The second-order valence-corrected chi connectivity index (χ2v) is 8.17. The Kier molecular flexibility index (Phi) is 8.70. The van der Waals surface area contributed by atoms with Gasteiger partial charge in [-0.1, -0.05) is 13.0 Å². The molecule has 2 aliphatic heterocycles. The zero-order valence-electron chi connectivity index (χ0n) is 18.1. The van der Waals surface area contributed by atoms with E-state index in [0.29, 0.717) is 18.3 Å². The van der Waals surface area contributed by atoms with Gasteiger partial charge in [-0.15, -0.1) is 12.4 Å². The second-order valence-electron chi connectivity index (χ2n) is 8.17. The van der Waals surface area contributed by atoms with E-state index in [1.54, 1.807) is 19.1 Å². The predicted octanol–water partition coefficient (Wildman–Crippen LogP) is -0.390. The Morgan fingerprint density at radius 2 is 1.94 bits per heavy atom. The van der Waals surface area contributed by atoms with Crippen LogP contribution in [-0.2, 0) is 20.8 Å². The number of benzene rings is 1. The van der Waals surface area contributed by atoms with Crippen LogP contribution in [0.5, 0.6) is 11.5 Å². The lowest BCUT2D eigenvalue weighted by Gasteiger charge is -2.40. The van der Waals surface area contributed by atoms with Gasteiger partial charge in [0.05, 0.1) is 19.1 Å². The summed E-state index contributed by atoms with van der Waals surface area (Å²) in [7, 11) is -1.08. The van der Waals surface area contributed by atoms with Gasteiger partial charge in [0.25, 0.3) is 0 Å². The molecule has 1 aromatic carbocycles. The van der Waals surface area contributed by atoms with Gasteiger partial charge in [-0.25, -0.2) is 4.79 Å². The van der Waals surface area contributed by atoms with Gasteiger partial charge in [0, 0.05) is 18.8 Å². The zero-order chi connectivity index (χ0) is 23.6. The second kappa shape index (κ2) is 10.9. The molecule has 0 spiro atoms. The number of halogens is 1. The molecule has 1 fully saturated rings. The molecule has 0 radical (unpaired) electrons. The van der Waals surface area contributed by atoms with Gasteiger partial charge >= 0.3 is 13.1 Å². The first-order valence-electron chi connectivity index (χ1n) is 10.3. The Morgan fingerprint density at radius 3 is 2.55 bits per heavy atom. The van der Waals surface area contributed by atoms with Gasteiger partial charge in [0.1, 0.15) is 23.2 Å². The van der Waals surface area contributed by atoms with Gasteiger partial charge in [0.15, 0.2) is 5.78 Å². The standard InChI is InChI=1S/C20H26BN3O8.ClH/c1-10(6-14(25)13(22)7-16(23)26)19(27)24-8-12(9-24)31-15-3-2-11-4-5-21(30)32-18(11)17(15)20(28)29;/h2-3,10,12-13,30H,4-9,22H2,1H3,(H2,23,26)(H,28,29);1H/t10-,13+;/m0./s1. The number of primary amides is 1. The lowest BCUT2D eigenvalue weighted by Crippen LogP contribution is -2.57. The van der Waals surface area contributed by atoms with Crippen LogP contribution in [0.2, 0.25) is 6.32 Å². The fraction of sp³-hybridized carbons (Fsp3) is 0.500. The smallest absolute Gasteiger partial charge is 0.522 e. The molecule has 180 valence electrons. The molecule has 2 heterocycles. The average molecular weight is 484 g/mol. The van der Waals surface area contributed by atoms with Crippen molar-refractivity contribution in [3.05, 3.63) is 23.3 Å². The molecular formula is C20H27BClN3O8. The molecule has 2 amide bonds. The van der Waals surface area contributed by atoms with Crippen LogP contribution >= 0.6 is 12.4 Å². The van der Waals surface area contributed by atoms with E-state index in [4.69, 9.17) is 20.9 Å². The summed E-state index contributed by atoms with van der Waals surface area (Å²) in [4.78, 5) is 48.8. The van der Waals surface area contributed by atoms with Crippen molar-refractivity contribution in [2.75, 3.05) is 13.1 Å². The van der Waals surface area contributed by atoms with E-state index >= 15 is 0 Å². The van der Waals surface area contributed by atoms with Crippen LogP contribution in [0.3, 0.4) is 0 Å². The normalized spacial score (nSPS) is 16.9. The summed E-state index contributed by atoms with van der Waals surface area (Å²) in [6.07, 6.45) is 0.0572. The van der Waals surface area contributed by atoms with Crippen LogP contribution in [0.15, 0.2) is 12.1 Å². The number of ether oxygens (including phenoxy) is 1. The molecule has 3 rings (SSSR count). The maximum absolute atomic E-state index is 12.6. The molecule has 0 saturated carbocycles. The summed E-state index contributed by atoms with van der Waals surface area (Å²) in [5, 5.41) is 19.4. The van der Waals surface area contributed by atoms with E-state index in [2.05, 4.69) is 0 Å². The topological polar surface area (TPSA) is 182 Å². The number of aryl methyl sites for hydroxylation is 1. The van der Waals surface area contributed by atoms with E-state index in [1.807, 2.05) is 0 Å². The van der Waals surface area contributed by atoms with E-state index in [0.717, 1.165) is 0 Å². The van der Waals surface area contributed by atoms with Crippen molar-refractivity contribution in [1.82, 2.24) is 4.90 Å². The van der Waals surface area contributed by atoms with Crippen LogP contribution in [-0.4, -0.2) is 71.0 Å². The Morgan fingerprint density at radius 1 is 1.27 bits per heavy atom. The largest absolute Gasteiger partial charge is 0.535 e. The van der Waals surface area contributed by atoms with E-state index in [9.17, 15) is 29.3 Å². The number of carboxylic acids is 1. The molecule has 0 aliphatic carbocycles. The maximum atomic E-state index is 12.6. The Bertz CT molecular complexity index is 940. The number of hydrogen-bond donors (Lipinski definition) is 4. The number of rotatable bonds is 9. The van der Waals surface area contributed by atoms with Crippen LogP contribution in [0.4, 0.5) is 0 Å². The Labute approximate surface area is 196 Å². The molecule has 2 aliphatic rings. The first-order chi connectivity index (χ1) is 15.1. The molecule has 0 bridgehead atoms. The van der Waals surface area contributed by atoms with Gasteiger partial charge < -0.3 is 35.9 Å². The Balaban J connectivity index is 0.00000385. The molecule has 2 atom stereocenters. The number of nitrogens with zero attached hydrogens (tertiary/aromatic N) is 1. The van der Waals surface area contributed by atoms with Crippen LogP contribution in [0.25, 0.3) is 0 Å². The highest BCUT2D eigenvalue weighted by atomic mass is 35.5. The number of likely N-dealkylation sites (tertiary alicyclic amines) is 1. The van der Waals surface area contributed by atoms with Gasteiger partial charge in [-0.3, -0.25) is 14.4 Å². The number of carboxylic acid groups (broad SMARTS) is 1. The SMILES string of the molecule is C[C@@H](CC(=O)[C@H](N)CC(N)=O)C(=O)N1CC(Oc2ccc3c(c2C(=O)O)OB(O)CC3)C1.Cl. The number of ketones is 1. The number of fused-ring (bicyclic) bond motifs is 1. The third kappa shape index (κ3) is 6.15. The number of aromatic carboxylic acids is 1. The summed E-state index contributed by atoms with van der Waals surface area (Å²) in [5.41, 5.74) is 11.2. The average Bonchev–Trinajstić information content (AvgIpc) is 2.68. The van der Waals surface area contributed by atoms with E-state index < -0.39 is 42.8 Å². The van der Waals surface area contributed by atoms with Crippen molar-refractivity contribution < 1.29 is 38.7 Å². The highest BCUT2D eigenvalue weighted by Gasteiger charge is 2.37. The molecule has 13 heteroatoms. The fourth-order valence-electron chi connectivity index (χ4n) is 3.77. The molecule has 33 heavy (non-hydrogen) atoms. The van der Waals surface area contributed by atoms with Crippen molar-refractivity contribution in [1.29, 1.82) is 0 Å². The number of hydrogen-bond acceptors (Lipinski definition) is 8. The maximum Gasteiger partial charge on any atom is 0.522 e. The highest BCUT2D eigenvalue weighted by molar-refractivity contribution is 6.44. The summed E-state index contributed by atoms with van der Waals surface area (Å²) < 4.78 is 11.1. The van der Waals surface area contributed by atoms with Gasteiger partial charge in [-0.2, -0.15) is 0 Å². The van der Waals surface area contributed by atoms with Crippen molar-refractivity contribution in [3.8, 4) is 11.5 Å². The molecule has 6 N–H and O–H groups in total. The van der Waals surface area contributed by atoms with Crippen molar-refractivity contribution in [3.63, 3.8) is 0 Å². The lowest BCUT2D eigenvalue weighted by molar-refractivity contribution is -0.145. The molecule has 0 aromatic heterocycles.